The maximum absolute atomic E-state index is 12.0. The van der Waals surface area contributed by atoms with E-state index in [-0.39, 0.29) is 17.5 Å². The van der Waals surface area contributed by atoms with Crippen LogP contribution in [0, 0.1) is 5.92 Å². The van der Waals surface area contributed by atoms with Crippen molar-refractivity contribution in [1.82, 2.24) is 5.32 Å². The number of aliphatic hydroxyl groups is 1. The summed E-state index contributed by atoms with van der Waals surface area (Å²) in [5, 5.41) is 13.3. The van der Waals surface area contributed by atoms with Crippen LogP contribution < -0.4 is 5.32 Å². The second-order valence-corrected chi connectivity index (χ2v) is 5.71. The van der Waals surface area contributed by atoms with Gasteiger partial charge in [-0.05, 0) is 30.9 Å². The zero-order valence-corrected chi connectivity index (χ0v) is 12.0. The summed E-state index contributed by atoms with van der Waals surface area (Å²) in [6.45, 7) is 0.256. The van der Waals surface area contributed by atoms with Gasteiger partial charge >= 0.3 is 0 Å². The van der Waals surface area contributed by atoms with E-state index in [2.05, 4.69) is 5.32 Å². The van der Waals surface area contributed by atoms with Crippen LogP contribution in [-0.2, 0) is 0 Å². The normalized spacial score (nSPS) is 17.4. The average molecular weight is 302 g/mol. The van der Waals surface area contributed by atoms with Crippen molar-refractivity contribution in [2.24, 2.45) is 5.92 Å². The molecule has 104 valence electrons. The lowest BCUT2D eigenvalue weighted by Gasteiger charge is -2.18. The largest absolute Gasteiger partial charge is 0.391 e. The van der Waals surface area contributed by atoms with E-state index in [0.29, 0.717) is 16.5 Å². The third-order valence-electron chi connectivity index (χ3n) is 3.61. The van der Waals surface area contributed by atoms with Crippen molar-refractivity contribution in [1.29, 1.82) is 0 Å². The highest BCUT2D eigenvalue weighted by molar-refractivity contribution is 6.43. The number of carbonyl (C=O) groups excluding carboxylic acids is 1. The smallest absolute Gasteiger partial charge is 0.252 e. The molecule has 1 unspecified atom stereocenters. The van der Waals surface area contributed by atoms with Gasteiger partial charge in [0.1, 0.15) is 0 Å². The molecule has 0 aliphatic heterocycles. The summed E-state index contributed by atoms with van der Waals surface area (Å²) in [5.41, 5.74) is 0.341. The van der Waals surface area contributed by atoms with Gasteiger partial charge in [0.25, 0.3) is 5.91 Å². The molecule has 1 aliphatic rings. The van der Waals surface area contributed by atoms with Gasteiger partial charge in [0.05, 0.1) is 21.7 Å². The van der Waals surface area contributed by atoms with Gasteiger partial charge in [-0.2, -0.15) is 0 Å². The average Bonchev–Trinajstić information content (AvgIpc) is 2.93. The summed E-state index contributed by atoms with van der Waals surface area (Å²) in [6, 6.07) is 4.93. The lowest BCUT2D eigenvalue weighted by molar-refractivity contribution is 0.0840. The van der Waals surface area contributed by atoms with E-state index in [4.69, 9.17) is 23.2 Å². The standard InChI is InChI=1S/C14H17Cl2NO2/c15-11-7-3-6-10(13(11)16)14(19)17-8-12(18)9-4-1-2-5-9/h3,6-7,9,12,18H,1-2,4-5,8H2,(H,17,19). The zero-order chi connectivity index (χ0) is 13.8. The molecular formula is C14H17Cl2NO2. The molecule has 1 aliphatic carbocycles. The summed E-state index contributed by atoms with van der Waals surface area (Å²) in [5.74, 6) is -0.000296. The van der Waals surface area contributed by atoms with E-state index in [1.165, 1.54) is 0 Å². The number of halogens is 2. The predicted octanol–water partition coefficient (Wildman–Crippen LogP) is 3.27. The molecule has 1 saturated carbocycles. The molecule has 3 nitrogen and oxygen atoms in total. The highest BCUT2D eigenvalue weighted by Crippen LogP contribution is 2.28. The Morgan fingerprint density at radius 1 is 1.37 bits per heavy atom. The van der Waals surface area contributed by atoms with Gasteiger partial charge in [-0.3, -0.25) is 4.79 Å². The highest BCUT2D eigenvalue weighted by atomic mass is 35.5. The van der Waals surface area contributed by atoms with Crippen LogP contribution in [0.3, 0.4) is 0 Å². The molecule has 1 amide bonds. The van der Waals surface area contributed by atoms with Gasteiger partial charge < -0.3 is 10.4 Å². The molecule has 1 aromatic carbocycles. The fourth-order valence-corrected chi connectivity index (χ4v) is 2.87. The molecule has 0 saturated heterocycles. The lowest BCUT2D eigenvalue weighted by atomic mass is 10.0. The van der Waals surface area contributed by atoms with Crippen molar-refractivity contribution in [2.75, 3.05) is 6.54 Å². The number of nitrogens with one attached hydrogen (secondary N) is 1. The number of amides is 1. The minimum absolute atomic E-state index is 0.247. The summed E-state index contributed by atoms with van der Waals surface area (Å²) >= 11 is 11.8. The molecule has 0 radical (unpaired) electrons. The molecule has 2 N–H and O–H groups in total. The summed E-state index contributed by atoms with van der Waals surface area (Å²) in [7, 11) is 0. The number of hydrogen-bond acceptors (Lipinski definition) is 2. The number of benzene rings is 1. The first kappa shape index (κ1) is 14.6. The van der Waals surface area contributed by atoms with Gasteiger partial charge in [-0.25, -0.2) is 0 Å². The molecule has 2 rings (SSSR count). The Balaban J connectivity index is 1.92. The Hall–Kier alpha value is -0.770. The van der Waals surface area contributed by atoms with Crippen LogP contribution in [0.25, 0.3) is 0 Å². The fraction of sp³-hybridized carbons (Fsp3) is 0.500. The second-order valence-electron chi connectivity index (χ2n) is 4.92. The Morgan fingerprint density at radius 2 is 2.05 bits per heavy atom. The molecule has 0 aromatic heterocycles. The van der Waals surface area contributed by atoms with Gasteiger partial charge in [0.2, 0.25) is 0 Å². The fourth-order valence-electron chi connectivity index (χ4n) is 2.48. The summed E-state index contributed by atoms with van der Waals surface area (Å²) < 4.78 is 0. The second kappa shape index (κ2) is 6.60. The summed E-state index contributed by atoms with van der Waals surface area (Å²) in [4.78, 5) is 12.0. The first-order valence-corrected chi connectivity index (χ1v) is 7.25. The molecule has 0 bridgehead atoms. The minimum atomic E-state index is -0.482. The monoisotopic (exact) mass is 301 g/mol. The minimum Gasteiger partial charge on any atom is -0.391 e. The van der Waals surface area contributed by atoms with E-state index >= 15 is 0 Å². The summed E-state index contributed by atoms with van der Waals surface area (Å²) in [6.07, 6.45) is 3.92. The van der Waals surface area contributed by atoms with Gasteiger partial charge in [-0.1, -0.05) is 42.1 Å². The maximum Gasteiger partial charge on any atom is 0.252 e. The van der Waals surface area contributed by atoms with E-state index in [0.717, 1.165) is 25.7 Å². The van der Waals surface area contributed by atoms with Crippen LogP contribution in [0.4, 0.5) is 0 Å². The molecule has 5 heteroatoms. The van der Waals surface area contributed by atoms with E-state index in [1.807, 2.05) is 0 Å². The van der Waals surface area contributed by atoms with Crippen LogP contribution in [0.15, 0.2) is 18.2 Å². The quantitative estimate of drug-likeness (QED) is 0.897. The Bertz CT molecular complexity index is 459. The molecule has 1 atom stereocenters. The van der Waals surface area contributed by atoms with Crippen molar-refractivity contribution in [3.05, 3.63) is 33.8 Å². The van der Waals surface area contributed by atoms with E-state index in [9.17, 15) is 9.90 Å². The van der Waals surface area contributed by atoms with Crippen molar-refractivity contribution < 1.29 is 9.90 Å². The highest BCUT2D eigenvalue weighted by Gasteiger charge is 2.23. The number of aliphatic hydroxyl groups excluding tert-OH is 1. The van der Waals surface area contributed by atoms with Crippen molar-refractivity contribution in [3.8, 4) is 0 Å². The van der Waals surface area contributed by atoms with E-state index < -0.39 is 6.10 Å². The van der Waals surface area contributed by atoms with Gasteiger partial charge in [0, 0.05) is 6.54 Å². The van der Waals surface area contributed by atoms with Crippen LogP contribution >= 0.6 is 23.2 Å². The Labute approximate surface area is 122 Å². The number of rotatable bonds is 4. The SMILES string of the molecule is O=C(NCC(O)C1CCCC1)c1cccc(Cl)c1Cl. The topological polar surface area (TPSA) is 49.3 Å². The molecular weight excluding hydrogens is 285 g/mol. The zero-order valence-electron chi connectivity index (χ0n) is 10.5. The van der Waals surface area contributed by atoms with Crippen molar-refractivity contribution in [2.45, 2.75) is 31.8 Å². The van der Waals surface area contributed by atoms with E-state index in [1.54, 1.807) is 18.2 Å². The number of hydrogen-bond donors (Lipinski definition) is 2. The Morgan fingerprint density at radius 3 is 2.74 bits per heavy atom. The van der Waals surface area contributed by atoms with Crippen LogP contribution in [0.2, 0.25) is 10.0 Å². The maximum atomic E-state index is 12.0. The van der Waals surface area contributed by atoms with Crippen LogP contribution in [0.1, 0.15) is 36.0 Å². The predicted molar refractivity (Wildman–Crippen MR) is 76.8 cm³/mol. The molecule has 1 aromatic rings. The molecule has 19 heavy (non-hydrogen) atoms. The third-order valence-corrected chi connectivity index (χ3v) is 4.43. The lowest BCUT2D eigenvalue weighted by Crippen LogP contribution is -2.35. The Kier molecular flexibility index (Phi) is 5.08. The van der Waals surface area contributed by atoms with Crippen molar-refractivity contribution in [3.63, 3.8) is 0 Å². The van der Waals surface area contributed by atoms with Crippen molar-refractivity contribution >= 4 is 29.1 Å². The molecule has 0 heterocycles. The van der Waals surface area contributed by atoms with Gasteiger partial charge in [-0.15, -0.1) is 0 Å². The van der Waals surface area contributed by atoms with Crippen LogP contribution in [0.5, 0.6) is 0 Å². The van der Waals surface area contributed by atoms with Gasteiger partial charge in [0.15, 0.2) is 0 Å². The third kappa shape index (κ3) is 3.62. The van der Waals surface area contributed by atoms with Crippen LogP contribution in [-0.4, -0.2) is 23.7 Å². The number of carbonyl (C=O) groups is 1. The first-order valence-electron chi connectivity index (χ1n) is 6.50. The first-order chi connectivity index (χ1) is 9.09. The molecule has 1 fully saturated rings. The molecule has 0 spiro atoms.